The van der Waals surface area contributed by atoms with Crippen LogP contribution < -0.4 is 9.47 Å². The first-order valence-corrected chi connectivity index (χ1v) is 9.07. The number of nitrogens with zero attached hydrogens (tertiary/aromatic N) is 1. The summed E-state index contributed by atoms with van der Waals surface area (Å²) in [7, 11) is 0. The van der Waals surface area contributed by atoms with E-state index in [9.17, 15) is 4.79 Å². The quantitative estimate of drug-likeness (QED) is 0.536. The van der Waals surface area contributed by atoms with Crippen LogP contribution in [0.3, 0.4) is 0 Å². The molecule has 2 aliphatic heterocycles. The Morgan fingerprint density at radius 3 is 3.00 bits per heavy atom. The maximum Gasteiger partial charge on any atom is 0.305 e. The number of hydrogen-bond acceptors (Lipinski definition) is 5. The highest BCUT2D eigenvalue weighted by atomic mass is 16.7. The monoisotopic (exact) mass is 333 g/mol. The fourth-order valence-corrected chi connectivity index (χ4v) is 3.59. The molecule has 132 valence electrons. The first-order valence-electron chi connectivity index (χ1n) is 9.07. The van der Waals surface area contributed by atoms with E-state index in [1.54, 1.807) is 0 Å². The van der Waals surface area contributed by atoms with Gasteiger partial charge in [0.1, 0.15) is 0 Å². The summed E-state index contributed by atoms with van der Waals surface area (Å²) in [5, 5.41) is 0. The van der Waals surface area contributed by atoms with Crippen molar-refractivity contribution in [2.45, 2.75) is 51.5 Å². The van der Waals surface area contributed by atoms with Crippen molar-refractivity contribution in [2.24, 2.45) is 0 Å². The van der Waals surface area contributed by atoms with Crippen molar-refractivity contribution in [2.75, 3.05) is 26.5 Å². The van der Waals surface area contributed by atoms with Crippen LogP contribution in [-0.4, -0.2) is 37.4 Å². The molecule has 1 unspecified atom stereocenters. The zero-order valence-electron chi connectivity index (χ0n) is 14.5. The number of carbonyl (C=O) groups is 1. The van der Waals surface area contributed by atoms with Gasteiger partial charge in [0, 0.05) is 12.5 Å². The molecule has 0 spiro atoms. The molecule has 1 saturated heterocycles. The van der Waals surface area contributed by atoms with Gasteiger partial charge in [-0.3, -0.25) is 9.69 Å². The Balaban J connectivity index is 1.45. The third-order valence-electron chi connectivity index (χ3n) is 4.78. The number of benzene rings is 1. The summed E-state index contributed by atoms with van der Waals surface area (Å²) in [5.41, 5.74) is 1.32. The number of esters is 1. The molecule has 0 bridgehead atoms. The molecule has 5 nitrogen and oxygen atoms in total. The first-order chi connectivity index (χ1) is 11.8. The average Bonchev–Trinajstić information content (AvgIpc) is 3.23. The van der Waals surface area contributed by atoms with Gasteiger partial charge in [0.2, 0.25) is 6.79 Å². The van der Waals surface area contributed by atoms with Gasteiger partial charge in [-0.05, 0) is 63.4 Å². The second-order valence-electron chi connectivity index (χ2n) is 6.42. The lowest BCUT2D eigenvalue weighted by molar-refractivity contribution is -0.143. The highest BCUT2D eigenvalue weighted by molar-refractivity contribution is 5.69. The molecule has 1 aromatic rings. The van der Waals surface area contributed by atoms with Crippen molar-refractivity contribution in [3.63, 3.8) is 0 Å². The van der Waals surface area contributed by atoms with Crippen molar-refractivity contribution in [3.8, 4) is 11.5 Å². The van der Waals surface area contributed by atoms with E-state index in [2.05, 4.69) is 17.0 Å². The smallest absolute Gasteiger partial charge is 0.305 e. The minimum absolute atomic E-state index is 0.0723. The number of carbonyl (C=O) groups excluding carboxylic acids is 1. The molecule has 24 heavy (non-hydrogen) atoms. The zero-order valence-corrected chi connectivity index (χ0v) is 14.5. The molecule has 0 amide bonds. The van der Waals surface area contributed by atoms with Crippen LogP contribution in [0, 0.1) is 0 Å². The number of unbranched alkanes of at least 4 members (excludes halogenated alkanes) is 2. The van der Waals surface area contributed by atoms with Crippen LogP contribution in [0.15, 0.2) is 18.2 Å². The van der Waals surface area contributed by atoms with Crippen LogP contribution in [0.4, 0.5) is 0 Å². The van der Waals surface area contributed by atoms with E-state index in [4.69, 9.17) is 14.2 Å². The molecule has 3 rings (SSSR count). The summed E-state index contributed by atoms with van der Waals surface area (Å²) < 4.78 is 15.9. The summed E-state index contributed by atoms with van der Waals surface area (Å²) in [5.74, 6) is 1.65. The number of likely N-dealkylation sites (tertiary alicyclic amines) is 1. The molecule has 0 N–H and O–H groups in total. The lowest BCUT2D eigenvalue weighted by atomic mass is 10.0. The van der Waals surface area contributed by atoms with Gasteiger partial charge in [0.05, 0.1) is 6.61 Å². The Labute approximate surface area is 143 Å². The Bertz CT molecular complexity index is 560. The van der Waals surface area contributed by atoms with E-state index < -0.39 is 0 Å². The highest BCUT2D eigenvalue weighted by Crippen LogP contribution is 2.38. The SMILES string of the molecule is CCOC(=O)CCCCCN1CCCC1c1ccc2c(c1)OCO2. The van der Waals surface area contributed by atoms with Crippen LogP contribution in [-0.2, 0) is 9.53 Å². The minimum Gasteiger partial charge on any atom is -0.466 e. The summed E-state index contributed by atoms with van der Waals surface area (Å²) in [4.78, 5) is 13.9. The number of rotatable bonds is 8. The van der Waals surface area contributed by atoms with Crippen LogP contribution in [0.2, 0.25) is 0 Å². The predicted molar refractivity (Wildman–Crippen MR) is 91.2 cm³/mol. The molecule has 0 radical (unpaired) electrons. The maximum absolute atomic E-state index is 11.3. The first kappa shape index (κ1) is 17.1. The largest absolute Gasteiger partial charge is 0.466 e. The predicted octanol–water partition coefficient (Wildman–Crippen LogP) is 3.68. The third-order valence-corrected chi connectivity index (χ3v) is 4.78. The van der Waals surface area contributed by atoms with Gasteiger partial charge in [0.15, 0.2) is 11.5 Å². The maximum atomic E-state index is 11.3. The number of fused-ring (bicyclic) bond motifs is 1. The topological polar surface area (TPSA) is 48.0 Å². The summed E-state index contributed by atoms with van der Waals surface area (Å²) in [6, 6.07) is 6.79. The summed E-state index contributed by atoms with van der Waals surface area (Å²) in [6.45, 7) is 4.89. The van der Waals surface area contributed by atoms with Gasteiger partial charge in [-0.15, -0.1) is 0 Å². The molecule has 1 aromatic carbocycles. The lowest BCUT2D eigenvalue weighted by Crippen LogP contribution is -2.24. The molecule has 2 aliphatic rings. The zero-order chi connectivity index (χ0) is 16.8. The number of hydrogen-bond donors (Lipinski definition) is 0. The van der Waals surface area contributed by atoms with E-state index in [1.165, 1.54) is 18.4 Å². The Morgan fingerprint density at radius 1 is 1.25 bits per heavy atom. The van der Waals surface area contributed by atoms with E-state index in [-0.39, 0.29) is 5.97 Å². The molecular weight excluding hydrogens is 306 g/mol. The van der Waals surface area contributed by atoms with E-state index >= 15 is 0 Å². The molecule has 0 aromatic heterocycles. The fourth-order valence-electron chi connectivity index (χ4n) is 3.59. The molecule has 0 saturated carbocycles. The minimum atomic E-state index is -0.0723. The second-order valence-corrected chi connectivity index (χ2v) is 6.42. The molecular formula is C19H27NO4. The Morgan fingerprint density at radius 2 is 2.12 bits per heavy atom. The summed E-state index contributed by atoms with van der Waals surface area (Å²) in [6.07, 6.45) is 6.09. The molecule has 0 aliphatic carbocycles. The van der Waals surface area contributed by atoms with Crippen LogP contribution in [0.1, 0.15) is 57.1 Å². The Kier molecular flexibility index (Phi) is 5.96. The third kappa shape index (κ3) is 4.20. The van der Waals surface area contributed by atoms with Gasteiger partial charge in [-0.1, -0.05) is 12.5 Å². The second kappa shape index (κ2) is 8.38. The van der Waals surface area contributed by atoms with Gasteiger partial charge in [0.25, 0.3) is 0 Å². The molecule has 5 heteroatoms. The normalized spacial score (nSPS) is 19.6. The van der Waals surface area contributed by atoms with Crippen molar-refractivity contribution in [3.05, 3.63) is 23.8 Å². The van der Waals surface area contributed by atoms with Gasteiger partial charge in [-0.2, -0.15) is 0 Å². The van der Waals surface area contributed by atoms with Crippen molar-refractivity contribution >= 4 is 5.97 Å². The fraction of sp³-hybridized carbons (Fsp3) is 0.632. The molecule has 1 fully saturated rings. The van der Waals surface area contributed by atoms with Crippen molar-refractivity contribution in [1.29, 1.82) is 0 Å². The van der Waals surface area contributed by atoms with Crippen LogP contribution >= 0.6 is 0 Å². The van der Waals surface area contributed by atoms with Gasteiger partial charge in [-0.25, -0.2) is 0 Å². The number of ether oxygens (including phenoxy) is 3. The lowest BCUT2D eigenvalue weighted by Gasteiger charge is -2.25. The average molecular weight is 333 g/mol. The van der Waals surface area contributed by atoms with Crippen molar-refractivity contribution in [1.82, 2.24) is 4.90 Å². The van der Waals surface area contributed by atoms with Crippen LogP contribution in [0.5, 0.6) is 11.5 Å². The van der Waals surface area contributed by atoms with Gasteiger partial charge >= 0.3 is 5.97 Å². The van der Waals surface area contributed by atoms with Crippen LogP contribution in [0.25, 0.3) is 0 Å². The van der Waals surface area contributed by atoms with E-state index in [0.717, 1.165) is 43.9 Å². The summed E-state index contributed by atoms with van der Waals surface area (Å²) >= 11 is 0. The molecule has 1 atom stereocenters. The van der Waals surface area contributed by atoms with E-state index in [1.807, 2.05) is 13.0 Å². The van der Waals surface area contributed by atoms with E-state index in [0.29, 0.717) is 25.9 Å². The van der Waals surface area contributed by atoms with Gasteiger partial charge < -0.3 is 14.2 Å². The molecule has 2 heterocycles. The standard InChI is InChI=1S/C19H27NO4/c1-2-22-19(21)8-4-3-5-11-20-12-6-7-16(20)15-9-10-17-18(13-15)24-14-23-17/h9-10,13,16H,2-8,11-12,14H2,1H3. The van der Waals surface area contributed by atoms with Crippen molar-refractivity contribution < 1.29 is 19.0 Å². The highest BCUT2D eigenvalue weighted by Gasteiger charge is 2.27. The Hall–Kier alpha value is -1.75.